The van der Waals surface area contributed by atoms with Crippen LogP contribution in [0.25, 0.3) is 0 Å². The van der Waals surface area contributed by atoms with Gasteiger partial charge in [0.25, 0.3) is 0 Å². The minimum atomic E-state index is -0.133. The Morgan fingerprint density at radius 3 is 2.88 bits per heavy atom. The van der Waals surface area contributed by atoms with Crippen LogP contribution in [0.4, 0.5) is 0 Å². The molecule has 0 aliphatic rings. The van der Waals surface area contributed by atoms with E-state index in [0.717, 1.165) is 16.3 Å². The Balaban J connectivity index is 2.46. The Morgan fingerprint density at radius 1 is 1.47 bits per heavy atom. The van der Waals surface area contributed by atoms with E-state index in [2.05, 4.69) is 23.4 Å². The van der Waals surface area contributed by atoms with Crippen molar-refractivity contribution in [2.24, 2.45) is 5.84 Å². The van der Waals surface area contributed by atoms with Gasteiger partial charge in [-0.15, -0.1) is 11.3 Å². The molecule has 2 heterocycles. The molecule has 0 aliphatic carbocycles. The second kappa shape index (κ2) is 5.27. The molecule has 0 aliphatic heterocycles. The number of ether oxygens (including phenoxy) is 1. The van der Waals surface area contributed by atoms with Gasteiger partial charge in [-0.05, 0) is 36.1 Å². The zero-order valence-electron chi connectivity index (χ0n) is 9.81. The lowest BCUT2D eigenvalue weighted by Crippen LogP contribution is -2.29. The normalized spacial score (nSPS) is 12.4. The number of nitrogens with zero attached hydrogens (tertiary/aromatic N) is 1. The number of rotatable bonds is 4. The fourth-order valence-electron chi connectivity index (χ4n) is 1.75. The quantitative estimate of drug-likeness (QED) is 0.643. The molecular weight excluding hydrogens is 234 g/mol. The van der Waals surface area contributed by atoms with Gasteiger partial charge in [-0.2, -0.15) is 0 Å². The number of methoxy groups -OCH3 is 1. The van der Waals surface area contributed by atoms with Crippen molar-refractivity contribution in [3.8, 4) is 5.75 Å². The first-order chi connectivity index (χ1) is 8.27. The number of pyridine rings is 1. The number of nitrogens with two attached hydrogens (primary N) is 1. The molecule has 2 aromatic heterocycles. The summed E-state index contributed by atoms with van der Waals surface area (Å²) in [6, 6.07) is 5.66. The maximum Gasteiger partial charge on any atom is 0.142 e. The van der Waals surface area contributed by atoms with Crippen molar-refractivity contribution in [1.29, 1.82) is 0 Å². The molecule has 17 heavy (non-hydrogen) atoms. The smallest absolute Gasteiger partial charge is 0.142 e. The first-order valence-corrected chi connectivity index (χ1v) is 6.15. The summed E-state index contributed by atoms with van der Waals surface area (Å²) in [6.07, 6.45) is 1.74. The molecule has 4 nitrogen and oxygen atoms in total. The maximum atomic E-state index is 5.65. The molecule has 90 valence electrons. The molecule has 0 saturated heterocycles. The lowest BCUT2D eigenvalue weighted by Gasteiger charge is -2.17. The second-order valence-electron chi connectivity index (χ2n) is 3.66. The summed E-state index contributed by atoms with van der Waals surface area (Å²) in [4.78, 5) is 5.51. The summed E-state index contributed by atoms with van der Waals surface area (Å²) < 4.78 is 5.31. The molecule has 0 saturated carbocycles. The Hall–Kier alpha value is -1.43. The number of hydrogen-bond donors (Lipinski definition) is 2. The zero-order valence-corrected chi connectivity index (χ0v) is 10.6. The van der Waals surface area contributed by atoms with Crippen molar-refractivity contribution in [2.75, 3.05) is 7.11 Å². The zero-order chi connectivity index (χ0) is 12.3. The molecule has 1 atom stereocenters. The molecule has 0 radical (unpaired) electrons. The van der Waals surface area contributed by atoms with E-state index >= 15 is 0 Å². The van der Waals surface area contributed by atoms with Gasteiger partial charge in [0.2, 0.25) is 0 Å². The van der Waals surface area contributed by atoms with Crippen molar-refractivity contribution in [1.82, 2.24) is 10.4 Å². The van der Waals surface area contributed by atoms with E-state index in [-0.39, 0.29) is 6.04 Å². The minimum absolute atomic E-state index is 0.133. The summed E-state index contributed by atoms with van der Waals surface area (Å²) in [7, 11) is 1.63. The van der Waals surface area contributed by atoms with E-state index in [1.165, 1.54) is 5.56 Å². The van der Waals surface area contributed by atoms with E-state index in [0.29, 0.717) is 0 Å². The first kappa shape index (κ1) is 12.0. The Labute approximate surface area is 104 Å². The van der Waals surface area contributed by atoms with Crippen molar-refractivity contribution < 1.29 is 4.74 Å². The molecule has 2 rings (SSSR count). The van der Waals surface area contributed by atoms with Crippen LogP contribution in [0.1, 0.15) is 22.2 Å². The second-order valence-corrected chi connectivity index (χ2v) is 4.61. The van der Waals surface area contributed by atoms with Crippen molar-refractivity contribution >= 4 is 11.3 Å². The average Bonchev–Trinajstić information content (AvgIpc) is 2.78. The number of thiophene rings is 1. The molecule has 0 spiro atoms. The van der Waals surface area contributed by atoms with Crippen LogP contribution >= 0.6 is 11.3 Å². The van der Waals surface area contributed by atoms with Crippen LogP contribution in [-0.2, 0) is 0 Å². The lowest BCUT2D eigenvalue weighted by atomic mass is 10.1. The first-order valence-electron chi connectivity index (χ1n) is 5.27. The molecule has 0 aromatic carbocycles. The maximum absolute atomic E-state index is 5.65. The lowest BCUT2D eigenvalue weighted by molar-refractivity contribution is 0.400. The van der Waals surface area contributed by atoms with Gasteiger partial charge in [0, 0.05) is 11.1 Å². The van der Waals surface area contributed by atoms with Gasteiger partial charge in [0.1, 0.15) is 17.5 Å². The third-order valence-electron chi connectivity index (χ3n) is 2.62. The van der Waals surface area contributed by atoms with Crippen molar-refractivity contribution in [2.45, 2.75) is 13.0 Å². The van der Waals surface area contributed by atoms with Crippen LogP contribution in [-0.4, -0.2) is 12.1 Å². The van der Waals surface area contributed by atoms with E-state index in [9.17, 15) is 0 Å². The van der Waals surface area contributed by atoms with Gasteiger partial charge >= 0.3 is 0 Å². The highest BCUT2D eigenvalue weighted by molar-refractivity contribution is 7.10. The van der Waals surface area contributed by atoms with Crippen LogP contribution < -0.4 is 16.0 Å². The monoisotopic (exact) mass is 249 g/mol. The standard InChI is InChI=1S/C12H15N3OS/c1-8-5-7-17-12(8)11(15-13)10-9(16-2)4-3-6-14-10/h3-7,11,15H,13H2,1-2H3. The number of aryl methyl sites for hydroxylation is 1. The van der Waals surface area contributed by atoms with Gasteiger partial charge < -0.3 is 4.74 Å². The molecule has 0 bridgehead atoms. The van der Waals surface area contributed by atoms with E-state index < -0.39 is 0 Å². The van der Waals surface area contributed by atoms with E-state index in [1.54, 1.807) is 24.6 Å². The highest BCUT2D eigenvalue weighted by Gasteiger charge is 2.20. The van der Waals surface area contributed by atoms with Gasteiger partial charge in [0.05, 0.1) is 7.11 Å². The fourth-order valence-corrected chi connectivity index (χ4v) is 2.74. The molecular formula is C12H15N3OS. The Kier molecular flexibility index (Phi) is 3.73. The third-order valence-corrected chi connectivity index (χ3v) is 3.71. The molecule has 1 unspecified atom stereocenters. The van der Waals surface area contributed by atoms with Crippen molar-refractivity contribution in [3.05, 3.63) is 45.9 Å². The topological polar surface area (TPSA) is 60.2 Å². The molecule has 3 N–H and O–H groups in total. The third kappa shape index (κ3) is 2.31. The van der Waals surface area contributed by atoms with Gasteiger partial charge in [-0.3, -0.25) is 10.8 Å². The summed E-state index contributed by atoms with van der Waals surface area (Å²) in [5, 5.41) is 2.05. The van der Waals surface area contributed by atoms with E-state index in [1.807, 2.05) is 17.5 Å². The summed E-state index contributed by atoms with van der Waals surface area (Å²) >= 11 is 1.66. The van der Waals surface area contributed by atoms with Gasteiger partial charge in [-0.1, -0.05) is 0 Å². The SMILES string of the molecule is COc1cccnc1C(NN)c1sccc1C. The minimum Gasteiger partial charge on any atom is -0.495 e. The summed E-state index contributed by atoms with van der Waals surface area (Å²) in [5.74, 6) is 6.39. The number of hydrogen-bond acceptors (Lipinski definition) is 5. The van der Waals surface area contributed by atoms with Crippen LogP contribution in [0.5, 0.6) is 5.75 Å². The summed E-state index contributed by atoms with van der Waals surface area (Å²) in [5.41, 5.74) is 4.81. The molecule has 0 amide bonds. The number of aromatic nitrogens is 1. The Morgan fingerprint density at radius 2 is 2.29 bits per heavy atom. The van der Waals surface area contributed by atoms with Crippen LogP contribution in [0.15, 0.2) is 29.8 Å². The predicted octanol–water partition coefficient (Wildman–Crippen LogP) is 2.01. The average molecular weight is 249 g/mol. The van der Waals surface area contributed by atoms with Gasteiger partial charge in [0.15, 0.2) is 0 Å². The largest absolute Gasteiger partial charge is 0.495 e. The number of nitrogens with one attached hydrogen (secondary N) is 1. The highest BCUT2D eigenvalue weighted by atomic mass is 32.1. The molecule has 0 fully saturated rings. The molecule has 2 aromatic rings. The van der Waals surface area contributed by atoms with Crippen molar-refractivity contribution in [3.63, 3.8) is 0 Å². The van der Waals surface area contributed by atoms with Crippen LogP contribution in [0.2, 0.25) is 0 Å². The van der Waals surface area contributed by atoms with E-state index in [4.69, 9.17) is 10.6 Å². The Bertz CT molecular complexity index is 498. The fraction of sp³-hybridized carbons (Fsp3) is 0.250. The van der Waals surface area contributed by atoms with Crippen LogP contribution in [0, 0.1) is 6.92 Å². The summed E-state index contributed by atoms with van der Waals surface area (Å²) in [6.45, 7) is 2.06. The van der Waals surface area contributed by atoms with Crippen LogP contribution in [0.3, 0.4) is 0 Å². The predicted molar refractivity (Wildman–Crippen MR) is 69.0 cm³/mol. The highest BCUT2D eigenvalue weighted by Crippen LogP contribution is 2.32. The van der Waals surface area contributed by atoms with Gasteiger partial charge in [-0.25, -0.2) is 5.43 Å². The number of hydrazine groups is 1. The molecule has 5 heteroatoms.